The van der Waals surface area contributed by atoms with Crippen LogP contribution in [0.3, 0.4) is 0 Å². The molecule has 0 spiro atoms. The summed E-state index contributed by atoms with van der Waals surface area (Å²) in [7, 11) is 0. The molecule has 1 rings (SSSR count). The summed E-state index contributed by atoms with van der Waals surface area (Å²) in [4.78, 5) is 171. The molecule has 0 bridgehead atoms. The zero-order valence-corrected chi connectivity index (χ0v) is 41.8. The van der Waals surface area contributed by atoms with E-state index < -0.39 is 182 Å². The van der Waals surface area contributed by atoms with E-state index >= 15 is 0 Å². The molecule has 0 aromatic rings. The number of primary amides is 1. The third-order valence-electron chi connectivity index (χ3n) is 11.1. The van der Waals surface area contributed by atoms with Crippen LogP contribution in [0.15, 0.2) is 0 Å². The third kappa shape index (κ3) is 23.2. The molecule has 0 aromatic carbocycles. The van der Waals surface area contributed by atoms with Crippen molar-refractivity contribution < 1.29 is 77.6 Å². The van der Waals surface area contributed by atoms with Gasteiger partial charge in [-0.2, -0.15) is 11.8 Å². The van der Waals surface area contributed by atoms with Crippen molar-refractivity contribution >= 4 is 88.9 Å². The van der Waals surface area contributed by atoms with E-state index in [4.69, 9.17) is 5.73 Å². The molecule has 0 unspecified atom stereocenters. The van der Waals surface area contributed by atoms with Gasteiger partial charge >= 0.3 is 23.9 Å². The minimum absolute atomic E-state index is 0.0349. The molecule has 0 radical (unpaired) electrons. The largest absolute Gasteiger partial charge is 0.481 e. The Morgan fingerprint density at radius 3 is 1.44 bits per heavy atom. The highest BCUT2D eigenvalue weighted by Gasteiger charge is 2.38. The van der Waals surface area contributed by atoms with E-state index in [2.05, 4.69) is 53.2 Å². The molecule has 9 atom stereocenters. The molecule has 1 fully saturated rings. The van der Waals surface area contributed by atoms with E-state index in [1.165, 1.54) is 11.8 Å². The Bertz CT molecular complexity index is 1940. The third-order valence-corrected chi connectivity index (χ3v) is 11.8. The fraction of sp³-hybridized carbons (Fsp3) is 0.698. The average Bonchev–Trinajstić information content (AvgIpc) is 3.28. The smallest absolute Gasteiger partial charge is 0.312 e. The average molecular weight is 1030 g/mol. The quantitative estimate of drug-likeness (QED) is 0.0565. The van der Waals surface area contributed by atoms with E-state index in [1.807, 2.05) is 0 Å². The maximum Gasteiger partial charge on any atom is 0.312 e. The van der Waals surface area contributed by atoms with Gasteiger partial charge in [-0.05, 0) is 61.9 Å². The van der Waals surface area contributed by atoms with Crippen LogP contribution >= 0.6 is 11.8 Å². The fourth-order valence-corrected chi connectivity index (χ4v) is 7.35. The van der Waals surface area contributed by atoms with E-state index in [0.29, 0.717) is 6.42 Å². The molecule has 0 aromatic heterocycles. The number of nitrogens with one attached hydrogen (secondary N) is 10. The molecule has 71 heavy (non-hydrogen) atoms. The first-order chi connectivity index (χ1) is 33.2. The van der Waals surface area contributed by atoms with E-state index in [0.717, 1.165) is 0 Å². The molecule has 28 heteroatoms. The van der Waals surface area contributed by atoms with Crippen molar-refractivity contribution in [2.75, 3.05) is 25.1 Å². The summed E-state index contributed by atoms with van der Waals surface area (Å²) in [6, 6.07) is -13.3. The number of hydrogen-bond acceptors (Lipinski definition) is 14. The lowest BCUT2D eigenvalue weighted by Crippen LogP contribution is -2.62. The van der Waals surface area contributed by atoms with Crippen molar-refractivity contribution in [3.8, 4) is 0 Å². The first-order valence-corrected chi connectivity index (χ1v) is 24.5. The van der Waals surface area contributed by atoms with Crippen molar-refractivity contribution in [1.82, 2.24) is 53.2 Å². The van der Waals surface area contributed by atoms with Gasteiger partial charge in [0.25, 0.3) is 0 Å². The SMILES string of the molecule is CC[C@H](C)[C@@H]1NC(=O)[C@H](C(C)C)NC(=O)[C@H](CCC(=O)O)NC(=O)CNC(=O)[C@H](CC(=O)O)NC(=O)[C@H](CCCNC(N)=O)NC(=O)[C@H](CCSC)NC(=O)[C@H](CCC(=O)O)NC(=O)[C@H](C(C)C)NC1=O. The minimum Gasteiger partial charge on any atom is -0.481 e. The summed E-state index contributed by atoms with van der Waals surface area (Å²) in [5, 5.41) is 52.7. The van der Waals surface area contributed by atoms with Crippen LogP contribution in [0, 0.1) is 17.8 Å². The molecular formula is C43H71N11O16S. The Labute approximate surface area is 415 Å². The highest BCUT2D eigenvalue weighted by Crippen LogP contribution is 2.14. The maximum absolute atomic E-state index is 14.1. The summed E-state index contributed by atoms with van der Waals surface area (Å²) in [5.41, 5.74) is 5.15. The number of carboxylic acid groups (broad SMARTS) is 3. The Morgan fingerprint density at radius 1 is 0.563 bits per heavy atom. The number of carbonyl (C=O) groups excluding carboxylic acids is 10. The van der Waals surface area contributed by atoms with Gasteiger partial charge in [-0.1, -0.05) is 48.0 Å². The van der Waals surface area contributed by atoms with Crippen molar-refractivity contribution in [1.29, 1.82) is 0 Å². The predicted octanol–water partition coefficient (Wildman–Crippen LogP) is -3.24. The van der Waals surface area contributed by atoms with Gasteiger partial charge in [0.1, 0.15) is 48.3 Å². The molecule has 15 N–H and O–H groups in total. The molecule has 1 aliphatic rings. The highest BCUT2D eigenvalue weighted by molar-refractivity contribution is 7.98. The fourth-order valence-electron chi connectivity index (χ4n) is 6.87. The van der Waals surface area contributed by atoms with Crippen LogP contribution in [0.4, 0.5) is 4.79 Å². The number of thioether (sulfide) groups is 1. The lowest BCUT2D eigenvalue weighted by Gasteiger charge is -2.31. The number of amides is 11. The van der Waals surface area contributed by atoms with E-state index in [-0.39, 0.29) is 31.6 Å². The molecule has 1 heterocycles. The highest BCUT2D eigenvalue weighted by atomic mass is 32.2. The van der Waals surface area contributed by atoms with Gasteiger partial charge in [0, 0.05) is 19.4 Å². The number of carbonyl (C=O) groups is 13. The first-order valence-electron chi connectivity index (χ1n) is 23.1. The van der Waals surface area contributed by atoms with Gasteiger partial charge in [0.15, 0.2) is 0 Å². The van der Waals surface area contributed by atoms with Gasteiger partial charge in [-0.15, -0.1) is 0 Å². The monoisotopic (exact) mass is 1030 g/mol. The Balaban J connectivity index is 4.02. The second-order valence-electron chi connectivity index (χ2n) is 17.6. The van der Waals surface area contributed by atoms with Gasteiger partial charge < -0.3 is 74.2 Å². The van der Waals surface area contributed by atoms with Gasteiger partial charge in [-0.3, -0.25) is 57.5 Å². The maximum atomic E-state index is 14.1. The second kappa shape index (κ2) is 31.5. The number of nitrogens with two attached hydrogens (primary N) is 1. The van der Waals surface area contributed by atoms with Gasteiger partial charge in [0.05, 0.1) is 13.0 Å². The molecule has 0 aliphatic carbocycles. The summed E-state index contributed by atoms with van der Waals surface area (Å²) in [5.74, 6) is -15.2. The van der Waals surface area contributed by atoms with Crippen LogP contribution in [0.2, 0.25) is 0 Å². The molecule has 1 aliphatic heterocycles. The van der Waals surface area contributed by atoms with Crippen molar-refractivity contribution in [3.63, 3.8) is 0 Å². The minimum atomic E-state index is -1.91. The van der Waals surface area contributed by atoms with Crippen LogP contribution in [0.25, 0.3) is 0 Å². The lowest BCUT2D eigenvalue weighted by molar-refractivity contribution is -0.141. The Kier molecular flexibility index (Phi) is 27.6. The molecule has 1 saturated heterocycles. The summed E-state index contributed by atoms with van der Waals surface area (Å²) >= 11 is 1.26. The molecule has 0 saturated carbocycles. The number of carboxylic acids is 3. The number of rotatable bonds is 19. The molecule has 27 nitrogen and oxygen atoms in total. The molecule has 400 valence electrons. The van der Waals surface area contributed by atoms with Crippen LogP contribution in [-0.2, 0) is 57.5 Å². The van der Waals surface area contributed by atoms with Crippen LogP contribution in [0.5, 0.6) is 0 Å². The van der Waals surface area contributed by atoms with E-state index in [1.54, 1.807) is 47.8 Å². The number of urea groups is 1. The topological polar surface area (TPSA) is 429 Å². The lowest BCUT2D eigenvalue weighted by atomic mass is 9.95. The van der Waals surface area contributed by atoms with Crippen LogP contribution in [-0.4, -0.2) is 166 Å². The summed E-state index contributed by atoms with van der Waals surface area (Å²) < 4.78 is 0. The molecular weight excluding hydrogens is 959 g/mol. The van der Waals surface area contributed by atoms with Gasteiger partial charge in [0.2, 0.25) is 53.2 Å². The normalized spacial score (nSPS) is 24.5. The number of hydrogen-bond donors (Lipinski definition) is 14. The van der Waals surface area contributed by atoms with Crippen LogP contribution in [0.1, 0.15) is 99.3 Å². The zero-order valence-electron chi connectivity index (χ0n) is 41.0. The van der Waals surface area contributed by atoms with Crippen molar-refractivity contribution in [2.24, 2.45) is 23.5 Å². The zero-order chi connectivity index (χ0) is 54.1. The van der Waals surface area contributed by atoms with E-state index in [9.17, 15) is 77.6 Å². The second-order valence-corrected chi connectivity index (χ2v) is 18.6. The summed E-state index contributed by atoms with van der Waals surface area (Å²) in [6.07, 6.45) is -1.78. The number of aliphatic carboxylic acids is 3. The first kappa shape index (κ1) is 62.3. The predicted molar refractivity (Wildman–Crippen MR) is 253 cm³/mol. The Hall–Kier alpha value is -6.74. The standard InChI is InChI=1S/C43H71N11O16S/c1-8-22(6)34-42(69)53-32(20(2)3)40(67)50-25(12-14-30(58)59)37(64)49-26(15-17-71-7)38(65)48-23(10-9-16-45-43(44)70)36(63)51-27(18-31(60)61)35(62)46-19-28(55)47-24(11-13-29(56)57)39(66)52-33(21(4)5)41(68)54-34/h20-27,32-34H,8-19H2,1-7H3,(H,46,62)(H,47,55)(H,48,65)(H,49,64)(H,50,67)(H,51,63)(H,52,66)(H,53,69)(H,54,68)(H,56,57)(H,58,59)(H,60,61)(H3,44,45,70)/t22-,23-,24-,25-,26-,27-,32-,33-,34-/m0/s1. The van der Waals surface area contributed by atoms with Crippen molar-refractivity contribution in [2.45, 2.75) is 148 Å². The summed E-state index contributed by atoms with van der Waals surface area (Å²) in [6.45, 7) is 8.51. The van der Waals surface area contributed by atoms with Crippen LogP contribution < -0.4 is 58.9 Å². The Morgan fingerprint density at radius 2 is 0.972 bits per heavy atom. The van der Waals surface area contributed by atoms with Gasteiger partial charge in [-0.25, -0.2) is 4.79 Å². The van der Waals surface area contributed by atoms with Crippen molar-refractivity contribution in [3.05, 3.63) is 0 Å². The molecule has 11 amide bonds.